The lowest BCUT2D eigenvalue weighted by molar-refractivity contribution is 0.102. The molecule has 0 fully saturated rings. The smallest absolute Gasteiger partial charge is 0.278 e. The Morgan fingerprint density at radius 2 is 1.72 bits per heavy atom. The SMILES string of the molecule is Cc1cc(C)c(NC(=O)c2nnn(Cc3nc(-c4ccc(Cl)cc4)oc3C)c2C)c(C)c1. The number of carbonyl (C=O) groups excluding carboxylic acids is 1. The Morgan fingerprint density at radius 3 is 2.38 bits per heavy atom. The molecule has 4 aromatic rings. The number of anilines is 1. The molecular formula is C24H24ClN5O2. The molecule has 2 heterocycles. The molecule has 164 valence electrons. The van der Waals surface area contributed by atoms with Crippen LogP contribution in [0.3, 0.4) is 0 Å². The molecule has 0 aliphatic heterocycles. The van der Waals surface area contributed by atoms with Gasteiger partial charge in [0.05, 0.1) is 12.2 Å². The fraction of sp³-hybridized carbons (Fsp3) is 0.250. The second kappa shape index (κ2) is 8.59. The van der Waals surface area contributed by atoms with Crippen molar-refractivity contribution in [2.24, 2.45) is 0 Å². The fourth-order valence-corrected chi connectivity index (χ4v) is 3.83. The highest BCUT2D eigenvalue weighted by Crippen LogP contribution is 2.25. The largest absolute Gasteiger partial charge is 0.441 e. The second-order valence-corrected chi connectivity index (χ2v) is 8.37. The minimum absolute atomic E-state index is 0.281. The molecule has 0 unspecified atom stereocenters. The van der Waals surface area contributed by atoms with Crippen LogP contribution in [0.1, 0.15) is 44.3 Å². The summed E-state index contributed by atoms with van der Waals surface area (Å²) in [7, 11) is 0. The number of aromatic nitrogens is 4. The van der Waals surface area contributed by atoms with E-state index in [2.05, 4.69) is 20.6 Å². The summed E-state index contributed by atoms with van der Waals surface area (Å²) in [5.74, 6) is 0.902. The second-order valence-electron chi connectivity index (χ2n) is 7.94. The number of oxazole rings is 1. The Morgan fingerprint density at radius 1 is 1.06 bits per heavy atom. The van der Waals surface area contributed by atoms with Gasteiger partial charge < -0.3 is 9.73 Å². The van der Waals surface area contributed by atoms with Gasteiger partial charge in [-0.15, -0.1) is 5.10 Å². The van der Waals surface area contributed by atoms with Crippen LogP contribution in [0.4, 0.5) is 5.69 Å². The van der Waals surface area contributed by atoms with Gasteiger partial charge in [0.15, 0.2) is 5.69 Å². The third kappa shape index (κ3) is 4.29. The molecule has 2 aromatic heterocycles. The summed E-state index contributed by atoms with van der Waals surface area (Å²) in [5, 5.41) is 11.9. The van der Waals surface area contributed by atoms with E-state index in [9.17, 15) is 4.79 Å². The first-order valence-corrected chi connectivity index (χ1v) is 10.6. The van der Waals surface area contributed by atoms with E-state index < -0.39 is 0 Å². The zero-order valence-corrected chi connectivity index (χ0v) is 19.4. The molecular weight excluding hydrogens is 426 g/mol. The number of aryl methyl sites for hydroxylation is 4. The lowest BCUT2D eigenvalue weighted by Crippen LogP contribution is -2.16. The minimum atomic E-state index is -0.289. The van der Waals surface area contributed by atoms with Crippen molar-refractivity contribution in [3.63, 3.8) is 0 Å². The number of hydrogen-bond acceptors (Lipinski definition) is 5. The monoisotopic (exact) mass is 449 g/mol. The summed E-state index contributed by atoms with van der Waals surface area (Å²) in [6.07, 6.45) is 0. The Balaban J connectivity index is 1.55. The Bertz CT molecular complexity index is 1280. The number of benzene rings is 2. The van der Waals surface area contributed by atoms with Crippen molar-refractivity contribution in [1.82, 2.24) is 20.0 Å². The van der Waals surface area contributed by atoms with Crippen molar-refractivity contribution < 1.29 is 9.21 Å². The van der Waals surface area contributed by atoms with Gasteiger partial charge in [-0.25, -0.2) is 9.67 Å². The Kier molecular flexibility index (Phi) is 5.84. The first-order valence-electron chi connectivity index (χ1n) is 10.2. The standard InChI is InChI=1S/C24H24ClN5O2/c1-13-10-14(2)21(15(3)11-13)27-23(31)22-16(4)30(29-28-22)12-20-17(5)32-24(26-20)18-6-8-19(25)9-7-18/h6-11H,12H2,1-5H3,(H,27,31). The number of amides is 1. The van der Waals surface area contributed by atoms with E-state index in [-0.39, 0.29) is 11.6 Å². The van der Waals surface area contributed by atoms with Crippen LogP contribution in [-0.2, 0) is 6.54 Å². The predicted molar refractivity (Wildman–Crippen MR) is 124 cm³/mol. The highest BCUT2D eigenvalue weighted by molar-refractivity contribution is 6.30. The average Bonchev–Trinajstić information content (AvgIpc) is 3.28. The summed E-state index contributed by atoms with van der Waals surface area (Å²) >= 11 is 5.96. The molecule has 8 heteroatoms. The number of nitrogens with zero attached hydrogens (tertiary/aromatic N) is 4. The number of rotatable bonds is 5. The maximum Gasteiger partial charge on any atom is 0.278 e. The first-order chi connectivity index (χ1) is 15.2. The fourth-order valence-electron chi connectivity index (χ4n) is 3.70. The van der Waals surface area contributed by atoms with Crippen molar-refractivity contribution in [3.8, 4) is 11.5 Å². The van der Waals surface area contributed by atoms with E-state index in [0.29, 0.717) is 28.9 Å². The lowest BCUT2D eigenvalue weighted by Gasteiger charge is -2.12. The van der Waals surface area contributed by atoms with E-state index in [4.69, 9.17) is 16.0 Å². The van der Waals surface area contributed by atoms with Crippen molar-refractivity contribution in [1.29, 1.82) is 0 Å². The van der Waals surface area contributed by atoms with Crippen LogP contribution < -0.4 is 5.32 Å². The predicted octanol–water partition coefficient (Wildman–Crippen LogP) is 5.43. The quantitative estimate of drug-likeness (QED) is 0.439. The molecule has 0 saturated carbocycles. The summed E-state index contributed by atoms with van der Waals surface area (Å²) in [5.41, 5.74) is 6.46. The molecule has 2 aromatic carbocycles. The number of carbonyl (C=O) groups is 1. The summed E-state index contributed by atoms with van der Waals surface area (Å²) < 4.78 is 7.48. The van der Waals surface area contributed by atoms with E-state index in [1.165, 1.54) is 0 Å². The Labute approximate surface area is 191 Å². The van der Waals surface area contributed by atoms with Gasteiger partial charge in [0.2, 0.25) is 5.89 Å². The molecule has 0 saturated heterocycles. The van der Waals surface area contributed by atoms with Crippen LogP contribution in [0.5, 0.6) is 0 Å². The molecule has 32 heavy (non-hydrogen) atoms. The molecule has 0 radical (unpaired) electrons. The van der Waals surface area contributed by atoms with Crippen molar-refractivity contribution in [2.45, 2.75) is 41.2 Å². The van der Waals surface area contributed by atoms with Crippen LogP contribution in [0.15, 0.2) is 40.8 Å². The first kappa shape index (κ1) is 21.8. The van der Waals surface area contributed by atoms with Crippen LogP contribution >= 0.6 is 11.6 Å². The van der Waals surface area contributed by atoms with E-state index in [1.54, 1.807) is 16.8 Å². The van der Waals surface area contributed by atoms with Crippen LogP contribution in [-0.4, -0.2) is 25.9 Å². The van der Waals surface area contributed by atoms with Crippen LogP contribution in [0, 0.1) is 34.6 Å². The zero-order chi connectivity index (χ0) is 23.0. The van der Waals surface area contributed by atoms with Gasteiger partial charge in [-0.2, -0.15) is 0 Å². The van der Waals surface area contributed by atoms with Gasteiger partial charge in [0.25, 0.3) is 5.91 Å². The van der Waals surface area contributed by atoms with Gasteiger partial charge in [0, 0.05) is 16.3 Å². The van der Waals surface area contributed by atoms with Crippen molar-refractivity contribution in [3.05, 3.63) is 81.0 Å². The molecule has 0 bridgehead atoms. The van der Waals surface area contributed by atoms with Crippen molar-refractivity contribution in [2.75, 3.05) is 5.32 Å². The highest BCUT2D eigenvalue weighted by atomic mass is 35.5. The molecule has 0 spiro atoms. The van der Waals surface area contributed by atoms with Crippen molar-refractivity contribution >= 4 is 23.2 Å². The molecule has 0 aliphatic carbocycles. The number of halogens is 1. The average molecular weight is 450 g/mol. The zero-order valence-electron chi connectivity index (χ0n) is 18.7. The van der Waals surface area contributed by atoms with Crippen LogP contribution in [0.2, 0.25) is 5.02 Å². The molecule has 0 aliphatic rings. The molecule has 4 rings (SSSR count). The lowest BCUT2D eigenvalue weighted by atomic mass is 10.0. The van der Waals surface area contributed by atoms with Gasteiger partial charge in [-0.05, 0) is 70.0 Å². The van der Waals surface area contributed by atoms with Gasteiger partial charge in [-0.1, -0.05) is 34.5 Å². The normalized spacial score (nSPS) is 11.1. The van der Waals surface area contributed by atoms with E-state index >= 15 is 0 Å². The summed E-state index contributed by atoms with van der Waals surface area (Å²) in [4.78, 5) is 17.5. The summed E-state index contributed by atoms with van der Waals surface area (Å²) in [6.45, 7) is 10.0. The maximum atomic E-state index is 12.9. The van der Waals surface area contributed by atoms with Crippen LogP contribution in [0.25, 0.3) is 11.5 Å². The topological polar surface area (TPSA) is 85.8 Å². The van der Waals surface area contributed by atoms with Gasteiger partial charge >= 0.3 is 0 Å². The van der Waals surface area contributed by atoms with E-state index in [0.717, 1.165) is 33.6 Å². The third-order valence-corrected chi connectivity index (χ3v) is 5.65. The highest BCUT2D eigenvalue weighted by Gasteiger charge is 2.20. The number of nitrogens with one attached hydrogen (secondary N) is 1. The van der Waals surface area contributed by atoms with E-state index in [1.807, 2.05) is 58.9 Å². The Hall–Kier alpha value is -3.45. The minimum Gasteiger partial charge on any atom is -0.441 e. The molecule has 1 amide bonds. The molecule has 7 nitrogen and oxygen atoms in total. The van der Waals surface area contributed by atoms with Gasteiger partial charge in [0.1, 0.15) is 11.5 Å². The van der Waals surface area contributed by atoms with Gasteiger partial charge in [-0.3, -0.25) is 4.79 Å². The molecule has 1 N–H and O–H groups in total. The summed E-state index contributed by atoms with van der Waals surface area (Å²) in [6, 6.07) is 11.4. The molecule has 0 atom stereocenters. The number of hydrogen-bond donors (Lipinski definition) is 1. The maximum absolute atomic E-state index is 12.9. The third-order valence-electron chi connectivity index (χ3n) is 5.40.